The van der Waals surface area contributed by atoms with Gasteiger partial charge in [-0.25, -0.2) is 0 Å². The summed E-state index contributed by atoms with van der Waals surface area (Å²) < 4.78 is 6.06. The van der Waals surface area contributed by atoms with E-state index in [1.807, 2.05) is 30.3 Å². The van der Waals surface area contributed by atoms with Gasteiger partial charge in [-0.2, -0.15) is 0 Å². The van der Waals surface area contributed by atoms with E-state index in [1.165, 1.54) is 22.3 Å². The van der Waals surface area contributed by atoms with Crippen LogP contribution in [0, 0.1) is 0 Å². The van der Waals surface area contributed by atoms with E-state index in [1.54, 1.807) is 0 Å². The van der Waals surface area contributed by atoms with Gasteiger partial charge < -0.3 is 10.1 Å². The van der Waals surface area contributed by atoms with E-state index in [-0.39, 0.29) is 0 Å². The van der Waals surface area contributed by atoms with Crippen LogP contribution in [0.1, 0.15) is 5.56 Å². The first-order valence-electron chi connectivity index (χ1n) is 10.0. The molecule has 0 unspecified atom stereocenters. The molecule has 0 saturated heterocycles. The van der Waals surface area contributed by atoms with Crippen LogP contribution in [0.3, 0.4) is 0 Å². The van der Waals surface area contributed by atoms with Crippen LogP contribution in [-0.4, -0.2) is 13.2 Å². The first-order chi connectivity index (χ1) is 14.4. The van der Waals surface area contributed by atoms with Gasteiger partial charge in [-0.15, -0.1) is 0 Å². The lowest BCUT2D eigenvalue weighted by Gasteiger charge is -2.12. The fraction of sp³-hybridized carbons (Fsp3) is 0.111. The summed E-state index contributed by atoms with van der Waals surface area (Å²) >= 11 is 0. The van der Waals surface area contributed by atoms with E-state index < -0.39 is 0 Å². The van der Waals surface area contributed by atoms with E-state index in [2.05, 4.69) is 84.2 Å². The molecule has 144 valence electrons. The molecule has 0 heterocycles. The van der Waals surface area contributed by atoms with Gasteiger partial charge in [0.05, 0.1) is 0 Å². The maximum absolute atomic E-state index is 6.06. The molecule has 0 bridgehead atoms. The van der Waals surface area contributed by atoms with E-state index >= 15 is 0 Å². The lowest BCUT2D eigenvalue weighted by atomic mass is 10.0. The molecule has 0 aliphatic rings. The zero-order chi connectivity index (χ0) is 19.7. The molecule has 1 N–H and O–H groups in total. The van der Waals surface area contributed by atoms with Crippen LogP contribution in [0.4, 0.5) is 0 Å². The number of rotatable bonds is 8. The molecule has 0 fully saturated rings. The molecule has 29 heavy (non-hydrogen) atoms. The van der Waals surface area contributed by atoms with E-state index in [9.17, 15) is 0 Å². The van der Waals surface area contributed by atoms with Gasteiger partial charge in [0.15, 0.2) is 0 Å². The highest BCUT2D eigenvalue weighted by Crippen LogP contribution is 2.29. The van der Waals surface area contributed by atoms with Crippen molar-refractivity contribution >= 4 is 0 Å². The number of benzene rings is 4. The Bertz CT molecular complexity index is 1030. The van der Waals surface area contributed by atoms with Gasteiger partial charge in [0.25, 0.3) is 0 Å². The van der Waals surface area contributed by atoms with Gasteiger partial charge in [-0.05, 0) is 34.4 Å². The van der Waals surface area contributed by atoms with E-state index in [0.717, 1.165) is 24.4 Å². The normalized spacial score (nSPS) is 10.6. The number of ether oxygens (including phenoxy) is 1. The first kappa shape index (κ1) is 19.0. The van der Waals surface area contributed by atoms with Crippen molar-refractivity contribution in [1.82, 2.24) is 5.32 Å². The molecule has 0 aromatic heterocycles. The third kappa shape index (κ3) is 5.13. The van der Waals surface area contributed by atoms with Crippen molar-refractivity contribution in [2.75, 3.05) is 13.2 Å². The Morgan fingerprint density at radius 1 is 0.586 bits per heavy atom. The summed E-state index contributed by atoms with van der Waals surface area (Å²) in [6, 6.07) is 37.7. The summed E-state index contributed by atoms with van der Waals surface area (Å²) in [7, 11) is 0. The van der Waals surface area contributed by atoms with E-state index in [4.69, 9.17) is 4.74 Å². The van der Waals surface area contributed by atoms with Crippen molar-refractivity contribution in [3.05, 3.63) is 115 Å². The molecule has 0 aliphatic carbocycles. The zero-order valence-corrected chi connectivity index (χ0v) is 16.4. The SMILES string of the molecule is c1ccc(-c2cccc(CNCCOc3ccccc3-c3ccccc3)c2)cc1. The van der Waals surface area contributed by atoms with Gasteiger partial charge in [0.2, 0.25) is 0 Å². The van der Waals surface area contributed by atoms with Crippen molar-refractivity contribution in [3.63, 3.8) is 0 Å². The van der Waals surface area contributed by atoms with Crippen LogP contribution in [0.25, 0.3) is 22.3 Å². The van der Waals surface area contributed by atoms with Gasteiger partial charge in [0.1, 0.15) is 12.4 Å². The standard InChI is InChI=1S/C27H25NO/c1-3-11-23(12-4-1)25-15-9-10-22(20-25)21-28-18-19-29-27-17-8-7-16-26(27)24-13-5-2-6-14-24/h1-17,20,28H,18-19,21H2. The number of hydrogen-bond donors (Lipinski definition) is 1. The molecule has 4 aromatic carbocycles. The van der Waals surface area contributed by atoms with Gasteiger partial charge in [0, 0.05) is 18.7 Å². The Kier molecular flexibility index (Phi) is 6.36. The second kappa shape index (κ2) is 9.72. The quantitative estimate of drug-likeness (QED) is 0.369. The maximum Gasteiger partial charge on any atom is 0.127 e. The Morgan fingerprint density at radius 2 is 1.24 bits per heavy atom. The summed E-state index contributed by atoms with van der Waals surface area (Å²) in [5.74, 6) is 0.923. The summed E-state index contributed by atoms with van der Waals surface area (Å²) in [6.07, 6.45) is 0. The van der Waals surface area contributed by atoms with Crippen LogP contribution < -0.4 is 10.1 Å². The van der Waals surface area contributed by atoms with Crippen molar-refractivity contribution in [2.24, 2.45) is 0 Å². The molecular formula is C27H25NO. The second-order valence-corrected chi connectivity index (χ2v) is 6.95. The molecule has 0 radical (unpaired) electrons. The minimum atomic E-state index is 0.627. The molecule has 0 aliphatic heterocycles. The largest absolute Gasteiger partial charge is 0.492 e. The van der Waals surface area contributed by atoms with Crippen LogP contribution in [0.15, 0.2) is 109 Å². The highest BCUT2D eigenvalue weighted by Gasteiger charge is 2.05. The fourth-order valence-corrected chi connectivity index (χ4v) is 3.41. The lowest BCUT2D eigenvalue weighted by Crippen LogP contribution is -2.20. The Hall–Kier alpha value is -3.36. The fourth-order valence-electron chi connectivity index (χ4n) is 3.41. The zero-order valence-electron chi connectivity index (χ0n) is 16.4. The number of para-hydroxylation sites is 1. The average molecular weight is 380 g/mol. The summed E-state index contributed by atoms with van der Waals surface area (Å²) in [4.78, 5) is 0. The van der Waals surface area contributed by atoms with Crippen molar-refractivity contribution in [2.45, 2.75) is 6.54 Å². The van der Waals surface area contributed by atoms with Crippen LogP contribution >= 0.6 is 0 Å². The number of hydrogen-bond acceptors (Lipinski definition) is 2. The predicted molar refractivity (Wildman–Crippen MR) is 121 cm³/mol. The molecule has 4 rings (SSSR count). The third-order valence-electron chi connectivity index (χ3n) is 4.87. The minimum absolute atomic E-state index is 0.627. The van der Waals surface area contributed by atoms with Crippen LogP contribution in [-0.2, 0) is 6.54 Å². The van der Waals surface area contributed by atoms with Gasteiger partial charge in [-0.1, -0.05) is 97.1 Å². The second-order valence-electron chi connectivity index (χ2n) is 6.95. The van der Waals surface area contributed by atoms with Crippen LogP contribution in [0.5, 0.6) is 5.75 Å². The van der Waals surface area contributed by atoms with Crippen molar-refractivity contribution < 1.29 is 4.74 Å². The molecule has 2 heteroatoms. The van der Waals surface area contributed by atoms with E-state index in [0.29, 0.717) is 6.61 Å². The molecule has 0 saturated carbocycles. The molecule has 0 atom stereocenters. The Balaban J connectivity index is 1.30. The Morgan fingerprint density at radius 3 is 2.03 bits per heavy atom. The summed E-state index contributed by atoms with van der Waals surface area (Å²) in [6.45, 7) is 2.24. The van der Waals surface area contributed by atoms with Gasteiger partial charge in [-0.3, -0.25) is 0 Å². The lowest BCUT2D eigenvalue weighted by molar-refractivity contribution is 0.315. The molecule has 0 spiro atoms. The minimum Gasteiger partial charge on any atom is -0.492 e. The van der Waals surface area contributed by atoms with Crippen LogP contribution in [0.2, 0.25) is 0 Å². The monoisotopic (exact) mass is 379 g/mol. The average Bonchev–Trinajstić information content (AvgIpc) is 2.80. The maximum atomic E-state index is 6.06. The van der Waals surface area contributed by atoms with Gasteiger partial charge >= 0.3 is 0 Å². The highest BCUT2D eigenvalue weighted by molar-refractivity contribution is 5.70. The molecule has 2 nitrogen and oxygen atoms in total. The van der Waals surface area contributed by atoms with Crippen molar-refractivity contribution in [1.29, 1.82) is 0 Å². The first-order valence-corrected chi connectivity index (χ1v) is 10.0. The highest BCUT2D eigenvalue weighted by atomic mass is 16.5. The smallest absolute Gasteiger partial charge is 0.127 e. The third-order valence-corrected chi connectivity index (χ3v) is 4.87. The topological polar surface area (TPSA) is 21.3 Å². The molecule has 0 amide bonds. The predicted octanol–water partition coefficient (Wildman–Crippen LogP) is 6.19. The van der Waals surface area contributed by atoms with Crippen molar-refractivity contribution in [3.8, 4) is 28.0 Å². The summed E-state index contributed by atoms with van der Waals surface area (Å²) in [5, 5.41) is 3.48. The molecule has 4 aromatic rings. The number of nitrogens with one attached hydrogen (secondary N) is 1. The summed E-state index contributed by atoms with van der Waals surface area (Å²) in [5.41, 5.74) is 6.07. The Labute approximate surface area is 172 Å². The molecular weight excluding hydrogens is 354 g/mol.